The molecule has 9 heteroatoms. The quantitative estimate of drug-likeness (QED) is 0.140. The Morgan fingerprint density at radius 3 is 1.82 bits per heavy atom. The number of hydrogen-bond acceptors (Lipinski definition) is 7. The van der Waals surface area contributed by atoms with Gasteiger partial charge in [0.2, 0.25) is 0 Å². The molecule has 0 aliphatic heterocycles. The van der Waals surface area contributed by atoms with Gasteiger partial charge in [-0.2, -0.15) is 4.73 Å². The number of pyridine rings is 1. The van der Waals surface area contributed by atoms with Crippen molar-refractivity contribution in [2.24, 2.45) is 5.41 Å². The lowest BCUT2D eigenvalue weighted by Gasteiger charge is -2.41. The summed E-state index contributed by atoms with van der Waals surface area (Å²) in [6, 6.07) is 31.8. The number of nitrogens with zero attached hydrogens (tertiary/aromatic N) is 1. The molecule has 1 fully saturated rings. The number of phosphoric acid groups is 1. The van der Waals surface area contributed by atoms with Crippen LogP contribution in [0.15, 0.2) is 115 Å². The first kappa shape index (κ1) is 27.8. The van der Waals surface area contributed by atoms with Crippen molar-refractivity contribution in [3.8, 4) is 11.5 Å². The SMILES string of the molecule is O=C(On1ccccc1=S)C1(C(OP(=O)(Oc2ccccc2)Oc2ccccc2)c2ccccc2)CCCCC1. The molecule has 0 amide bonds. The fourth-order valence-electron chi connectivity index (χ4n) is 4.94. The summed E-state index contributed by atoms with van der Waals surface area (Å²) in [5.74, 6) is 0.100. The van der Waals surface area contributed by atoms with E-state index in [1.165, 1.54) is 4.73 Å². The summed E-state index contributed by atoms with van der Waals surface area (Å²) in [6.07, 6.45) is 4.01. The maximum absolute atomic E-state index is 14.5. The van der Waals surface area contributed by atoms with Gasteiger partial charge in [-0.25, -0.2) is 9.36 Å². The minimum absolute atomic E-state index is 0.310. The van der Waals surface area contributed by atoms with Crippen molar-refractivity contribution in [1.82, 2.24) is 4.73 Å². The number of para-hydroxylation sites is 2. The van der Waals surface area contributed by atoms with Gasteiger partial charge in [-0.05, 0) is 54.8 Å². The molecule has 40 heavy (non-hydrogen) atoms. The normalized spacial score (nSPS) is 15.5. The van der Waals surface area contributed by atoms with E-state index in [-0.39, 0.29) is 0 Å². The van der Waals surface area contributed by atoms with E-state index in [1.807, 2.05) is 42.5 Å². The Hall–Kier alpha value is -3.71. The minimum Gasteiger partial charge on any atom is -0.395 e. The van der Waals surface area contributed by atoms with E-state index in [2.05, 4.69) is 0 Å². The van der Waals surface area contributed by atoms with Crippen molar-refractivity contribution < 1.29 is 27.8 Å². The maximum atomic E-state index is 14.5. The van der Waals surface area contributed by atoms with Gasteiger partial charge in [0.05, 0.1) is 0 Å². The molecular weight excluding hydrogens is 545 g/mol. The summed E-state index contributed by atoms with van der Waals surface area (Å²) < 4.78 is 34.5. The highest BCUT2D eigenvalue weighted by atomic mass is 32.1. The van der Waals surface area contributed by atoms with Crippen molar-refractivity contribution >= 4 is 26.0 Å². The summed E-state index contributed by atoms with van der Waals surface area (Å²) in [5.41, 5.74) is -0.522. The van der Waals surface area contributed by atoms with Gasteiger partial charge in [-0.3, -0.25) is 4.52 Å². The third-order valence-corrected chi connectivity index (χ3v) is 8.54. The van der Waals surface area contributed by atoms with Crippen LogP contribution in [-0.4, -0.2) is 10.7 Å². The summed E-state index contributed by atoms with van der Waals surface area (Å²) in [6.45, 7) is 0. The molecule has 1 aliphatic rings. The van der Waals surface area contributed by atoms with Crippen LogP contribution in [0.5, 0.6) is 11.5 Å². The van der Waals surface area contributed by atoms with Crippen LogP contribution < -0.4 is 13.9 Å². The molecule has 5 rings (SSSR count). The summed E-state index contributed by atoms with van der Waals surface area (Å²) >= 11 is 5.37. The Bertz CT molecular complexity index is 1460. The number of hydrogen-bond donors (Lipinski definition) is 0. The van der Waals surface area contributed by atoms with E-state index in [0.29, 0.717) is 34.5 Å². The first-order chi connectivity index (χ1) is 19.5. The first-order valence-corrected chi connectivity index (χ1v) is 15.1. The van der Waals surface area contributed by atoms with Gasteiger partial charge in [0.15, 0.2) is 0 Å². The molecule has 0 radical (unpaired) electrons. The number of carbonyl (C=O) groups excluding carboxylic acids is 1. The summed E-state index contributed by atoms with van der Waals surface area (Å²) in [7, 11) is -4.36. The third-order valence-electron chi connectivity index (χ3n) is 6.88. The molecule has 1 unspecified atom stereocenters. The van der Waals surface area contributed by atoms with Crippen LogP contribution in [0.1, 0.15) is 43.8 Å². The van der Waals surface area contributed by atoms with Crippen LogP contribution in [-0.2, 0) is 13.9 Å². The maximum Gasteiger partial charge on any atom is 0.588 e. The molecular formula is C31H30NO6PS. The predicted molar refractivity (Wildman–Crippen MR) is 154 cm³/mol. The smallest absolute Gasteiger partial charge is 0.395 e. The van der Waals surface area contributed by atoms with Crippen LogP contribution in [0.25, 0.3) is 0 Å². The van der Waals surface area contributed by atoms with Crippen LogP contribution >= 0.6 is 20.0 Å². The van der Waals surface area contributed by atoms with Gasteiger partial charge < -0.3 is 13.9 Å². The molecule has 1 aliphatic carbocycles. The van der Waals surface area contributed by atoms with E-state index >= 15 is 0 Å². The van der Waals surface area contributed by atoms with Crippen molar-refractivity contribution in [3.05, 3.63) is 126 Å². The lowest BCUT2D eigenvalue weighted by atomic mass is 9.68. The molecule has 1 aromatic heterocycles. The molecule has 0 bridgehead atoms. The number of phosphoric ester groups is 1. The van der Waals surface area contributed by atoms with Crippen LogP contribution in [0.3, 0.4) is 0 Å². The topological polar surface area (TPSA) is 76.0 Å². The monoisotopic (exact) mass is 575 g/mol. The lowest BCUT2D eigenvalue weighted by Crippen LogP contribution is -2.45. The van der Waals surface area contributed by atoms with Gasteiger partial charge in [-0.15, -0.1) is 0 Å². The number of rotatable bonds is 10. The number of benzene rings is 3. The van der Waals surface area contributed by atoms with Gasteiger partial charge in [0.25, 0.3) is 0 Å². The Morgan fingerprint density at radius 2 is 1.27 bits per heavy atom. The largest absolute Gasteiger partial charge is 0.588 e. The summed E-state index contributed by atoms with van der Waals surface area (Å²) in [4.78, 5) is 20.0. The molecule has 1 saturated carbocycles. The van der Waals surface area contributed by atoms with Crippen molar-refractivity contribution in [1.29, 1.82) is 0 Å². The Balaban J connectivity index is 1.58. The second-order valence-electron chi connectivity index (χ2n) is 9.61. The van der Waals surface area contributed by atoms with E-state index in [1.54, 1.807) is 72.9 Å². The number of carbonyl (C=O) groups is 1. The average Bonchev–Trinajstić information content (AvgIpc) is 2.99. The van der Waals surface area contributed by atoms with E-state index in [0.717, 1.165) is 19.3 Å². The van der Waals surface area contributed by atoms with E-state index in [4.69, 9.17) is 30.6 Å². The Kier molecular flexibility index (Phi) is 8.80. The zero-order chi connectivity index (χ0) is 27.8. The first-order valence-electron chi connectivity index (χ1n) is 13.2. The molecule has 4 aromatic rings. The summed E-state index contributed by atoms with van der Waals surface area (Å²) in [5, 5.41) is 0. The van der Waals surface area contributed by atoms with Crippen molar-refractivity contribution in [2.45, 2.75) is 38.2 Å². The van der Waals surface area contributed by atoms with E-state index < -0.39 is 25.3 Å². The number of aromatic nitrogens is 1. The molecule has 3 aromatic carbocycles. The van der Waals surface area contributed by atoms with Gasteiger partial charge >= 0.3 is 13.8 Å². The Labute approximate surface area is 238 Å². The second kappa shape index (κ2) is 12.6. The van der Waals surface area contributed by atoms with Crippen molar-refractivity contribution in [2.75, 3.05) is 0 Å². The zero-order valence-electron chi connectivity index (χ0n) is 21.8. The van der Waals surface area contributed by atoms with Gasteiger partial charge in [0.1, 0.15) is 27.7 Å². The van der Waals surface area contributed by atoms with E-state index in [9.17, 15) is 9.36 Å². The zero-order valence-corrected chi connectivity index (χ0v) is 23.5. The fourth-order valence-corrected chi connectivity index (χ4v) is 6.59. The fraction of sp³-hybridized carbons (Fsp3) is 0.226. The van der Waals surface area contributed by atoms with Crippen molar-refractivity contribution in [3.63, 3.8) is 0 Å². The molecule has 1 heterocycles. The molecule has 0 saturated heterocycles. The van der Waals surface area contributed by atoms with Crippen LogP contribution in [0, 0.1) is 10.1 Å². The molecule has 0 spiro atoms. The van der Waals surface area contributed by atoms with Crippen LogP contribution in [0.2, 0.25) is 0 Å². The highest BCUT2D eigenvalue weighted by Crippen LogP contribution is 2.59. The van der Waals surface area contributed by atoms with Crippen LogP contribution in [0.4, 0.5) is 0 Å². The predicted octanol–water partition coefficient (Wildman–Crippen LogP) is 8.15. The highest BCUT2D eigenvalue weighted by molar-refractivity contribution is 7.71. The standard InChI is InChI=1S/C31H30NO6PS/c33-30(35-32-24-14-11-21-28(32)40)31(22-12-4-13-23-31)29(25-15-5-1-6-16-25)38-39(34,36-26-17-7-2-8-18-26)37-27-19-9-3-10-20-27/h1-3,5-11,14-21,24,29H,4,12-13,22-23H2. The third kappa shape index (κ3) is 6.53. The Morgan fingerprint density at radius 1 is 0.750 bits per heavy atom. The van der Waals surface area contributed by atoms with Gasteiger partial charge in [-0.1, -0.05) is 104 Å². The highest BCUT2D eigenvalue weighted by Gasteiger charge is 2.53. The lowest BCUT2D eigenvalue weighted by molar-refractivity contribution is -0.167. The minimum atomic E-state index is -4.36. The average molecular weight is 576 g/mol. The molecule has 0 N–H and O–H groups in total. The van der Waals surface area contributed by atoms with Gasteiger partial charge in [0, 0.05) is 6.20 Å². The molecule has 7 nitrogen and oxygen atoms in total. The second-order valence-corrected chi connectivity index (χ2v) is 11.5. The molecule has 206 valence electrons. The molecule has 1 atom stereocenters.